The molecular weight excluding hydrogens is 527 g/mol. The van der Waals surface area contributed by atoms with Gasteiger partial charge in [0, 0.05) is 17.3 Å². The Kier molecular flexibility index (Phi) is 7.06. The van der Waals surface area contributed by atoms with E-state index in [1.54, 1.807) is 16.8 Å². The topological polar surface area (TPSA) is 81.5 Å². The molecule has 0 spiro atoms. The molecule has 2 aliphatic rings. The molecular formula is C27H25N3O4S3. The number of amides is 1. The predicted octanol–water partition coefficient (Wildman–Crippen LogP) is 4.80. The molecule has 2 aliphatic heterocycles. The zero-order valence-corrected chi connectivity index (χ0v) is 22.6. The van der Waals surface area contributed by atoms with Gasteiger partial charge in [0.05, 0.1) is 28.1 Å². The van der Waals surface area contributed by atoms with Crippen LogP contribution in [0.5, 0.6) is 5.75 Å². The second-order valence-electron chi connectivity index (χ2n) is 8.90. The lowest BCUT2D eigenvalue weighted by atomic mass is 10.0. The SMILES string of the molecule is C=CCOc1ccc(-c2nn(-c3ccccc3)cc2/C=C2\SC(=S)N([C@H]3CCS(=O)(=O)C3)C2=O)cc1C. The molecule has 0 saturated carbocycles. The average molecular weight is 552 g/mol. The van der Waals surface area contributed by atoms with E-state index in [0.29, 0.717) is 27.9 Å². The molecule has 3 heterocycles. The highest BCUT2D eigenvalue weighted by molar-refractivity contribution is 8.26. The standard InChI is InChI=1S/C27H25N3O4S3/c1-3-12-34-23-10-9-19(14-18(23)2)25-20(16-29(28-25)21-7-5-4-6-8-21)15-24-26(31)30(27(35)36-24)22-11-13-37(32,33)17-22/h3-10,14-16,22H,1,11-13,17H2,2H3/b24-15-/t22-/m0/s1. The van der Waals surface area contributed by atoms with Gasteiger partial charge in [0.2, 0.25) is 0 Å². The van der Waals surface area contributed by atoms with Crippen LogP contribution in [-0.2, 0) is 14.6 Å². The van der Waals surface area contributed by atoms with Gasteiger partial charge >= 0.3 is 0 Å². The minimum Gasteiger partial charge on any atom is -0.489 e. The Morgan fingerprint density at radius 1 is 1.24 bits per heavy atom. The van der Waals surface area contributed by atoms with Crippen LogP contribution in [0.4, 0.5) is 0 Å². The molecule has 2 saturated heterocycles. The third kappa shape index (κ3) is 5.27. The monoisotopic (exact) mass is 551 g/mol. The normalized spacial score (nSPS) is 20.1. The fourth-order valence-corrected chi connectivity index (χ4v) is 7.54. The number of thiocarbonyl (C=S) groups is 1. The number of aromatic nitrogens is 2. The van der Waals surface area contributed by atoms with Crippen molar-refractivity contribution in [2.45, 2.75) is 19.4 Å². The van der Waals surface area contributed by atoms with E-state index in [4.69, 9.17) is 22.1 Å². The van der Waals surface area contributed by atoms with Crippen molar-refractivity contribution in [1.29, 1.82) is 0 Å². The first kappa shape index (κ1) is 25.4. The average Bonchev–Trinajstić information content (AvgIpc) is 3.54. The molecule has 37 heavy (non-hydrogen) atoms. The van der Waals surface area contributed by atoms with E-state index in [-0.39, 0.29) is 17.4 Å². The number of hydrogen-bond donors (Lipinski definition) is 0. The van der Waals surface area contributed by atoms with Gasteiger partial charge in [-0.1, -0.05) is 54.8 Å². The maximum absolute atomic E-state index is 13.3. The first-order chi connectivity index (χ1) is 17.8. The van der Waals surface area contributed by atoms with Crippen molar-refractivity contribution in [3.05, 3.63) is 83.4 Å². The number of nitrogens with zero attached hydrogens (tertiary/aromatic N) is 3. The van der Waals surface area contributed by atoms with E-state index in [0.717, 1.165) is 28.1 Å². The van der Waals surface area contributed by atoms with E-state index < -0.39 is 15.9 Å². The summed E-state index contributed by atoms with van der Waals surface area (Å²) < 4.78 is 31.9. The maximum Gasteiger partial charge on any atom is 0.266 e. The van der Waals surface area contributed by atoms with Crippen LogP contribution in [0, 0.1) is 6.92 Å². The largest absolute Gasteiger partial charge is 0.489 e. The van der Waals surface area contributed by atoms with Crippen LogP contribution in [0.2, 0.25) is 0 Å². The summed E-state index contributed by atoms with van der Waals surface area (Å²) in [4.78, 5) is 15.3. The molecule has 0 N–H and O–H groups in total. The Morgan fingerprint density at radius 2 is 2.03 bits per heavy atom. The third-order valence-corrected chi connectivity index (χ3v) is 9.33. The maximum atomic E-state index is 13.3. The second kappa shape index (κ2) is 10.3. The van der Waals surface area contributed by atoms with Crippen LogP contribution in [0.3, 0.4) is 0 Å². The highest BCUT2D eigenvalue weighted by Gasteiger charge is 2.42. The second-order valence-corrected chi connectivity index (χ2v) is 12.8. The molecule has 10 heteroatoms. The Hall–Kier alpha value is -3.21. The lowest BCUT2D eigenvalue weighted by Crippen LogP contribution is -2.39. The minimum absolute atomic E-state index is 0.0521. The molecule has 3 aromatic rings. The summed E-state index contributed by atoms with van der Waals surface area (Å²) in [6.45, 7) is 6.08. The quantitative estimate of drug-likeness (QED) is 0.237. The molecule has 1 aromatic heterocycles. The molecule has 0 unspecified atom stereocenters. The van der Waals surface area contributed by atoms with Crippen molar-refractivity contribution < 1.29 is 17.9 Å². The van der Waals surface area contributed by atoms with Gasteiger partial charge in [0.1, 0.15) is 22.4 Å². The molecule has 1 atom stereocenters. The van der Waals surface area contributed by atoms with E-state index >= 15 is 0 Å². The van der Waals surface area contributed by atoms with Gasteiger partial charge in [-0.3, -0.25) is 9.69 Å². The van der Waals surface area contributed by atoms with E-state index in [1.165, 1.54) is 16.7 Å². The molecule has 7 nitrogen and oxygen atoms in total. The van der Waals surface area contributed by atoms with Crippen LogP contribution >= 0.6 is 24.0 Å². The molecule has 1 amide bonds. The number of aryl methyl sites for hydroxylation is 1. The third-order valence-electron chi connectivity index (χ3n) is 6.25. The Bertz CT molecular complexity index is 1530. The molecule has 0 radical (unpaired) electrons. The first-order valence-corrected chi connectivity index (χ1v) is 14.8. The predicted molar refractivity (Wildman–Crippen MR) is 151 cm³/mol. The number of hydrogen-bond acceptors (Lipinski definition) is 7. The summed E-state index contributed by atoms with van der Waals surface area (Å²) in [7, 11) is -3.15. The fraction of sp³-hybridized carbons (Fsp3) is 0.222. The molecule has 2 aromatic carbocycles. The molecule has 0 aliphatic carbocycles. The van der Waals surface area contributed by atoms with Gasteiger partial charge in [0.25, 0.3) is 5.91 Å². The first-order valence-electron chi connectivity index (χ1n) is 11.7. The Labute approximate surface area is 225 Å². The number of sulfone groups is 1. The van der Waals surface area contributed by atoms with Crippen molar-refractivity contribution >= 4 is 50.1 Å². The number of thioether (sulfide) groups is 1. The zero-order valence-electron chi connectivity index (χ0n) is 20.2. The summed E-state index contributed by atoms with van der Waals surface area (Å²) in [5.74, 6) is 0.525. The van der Waals surface area contributed by atoms with Gasteiger partial charge in [-0.2, -0.15) is 5.10 Å². The highest BCUT2D eigenvalue weighted by atomic mass is 32.2. The number of benzene rings is 2. The number of carbonyl (C=O) groups excluding carboxylic acids is 1. The zero-order chi connectivity index (χ0) is 26.2. The summed E-state index contributed by atoms with van der Waals surface area (Å²) in [6.07, 6.45) is 5.78. The van der Waals surface area contributed by atoms with Crippen molar-refractivity contribution in [2.75, 3.05) is 18.1 Å². The molecule has 190 valence electrons. The number of rotatable bonds is 7. The van der Waals surface area contributed by atoms with E-state index in [9.17, 15) is 13.2 Å². The fourth-order valence-electron chi connectivity index (χ4n) is 4.45. The summed E-state index contributed by atoms with van der Waals surface area (Å²) in [6, 6.07) is 15.2. The van der Waals surface area contributed by atoms with Crippen LogP contribution in [0.25, 0.3) is 23.0 Å². The van der Waals surface area contributed by atoms with Crippen molar-refractivity contribution in [1.82, 2.24) is 14.7 Å². The van der Waals surface area contributed by atoms with Crippen molar-refractivity contribution in [3.8, 4) is 22.7 Å². The van der Waals surface area contributed by atoms with Crippen LogP contribution < -0.4 is 4.74 Å². The molecule has 5 rings (SSSR count). The van der Waals surface area contributed by atoms with Gasteiger partial charge in [-0.15, -0.1) is 0 Å². The van der Waals surface area contributed by atoms with E-state index in [2.05, 4.69) is 6.58 Å². The van der Waals surface area contributed by atoms with Crippen LogP contribution in [-0.4, -0.2) is 57.5 Å². The number of ether oxygens (including phenoxy) is 1. The lowest BCUT2D eigenvalue weighted by Gasteiger charge is -2.20. The van der Waals surface area contributed by atoms with Crippen LogP contribution in [0.1, 0.15) is 17.5 Å². The van der Waals surface area contributed by atoms with E-state index in [1.807, 2.05) is 61.7 Å². The highest BCUT2D eigenvalue weighted by Crippen LogP contribution is 2.38. The molecule has 2 fully saturated rings. The van der Waals surface area contributed by atoms with Crippen molar-refractivity contribution in [3.63, 3.8) is 0 Å². The van der Waals surface area contributed by atoms with Gasteiger partial charge < -0.3 is 4.74 Å². The number of para-hydroxylation sites is 1. The van der Waals surface area contributed by atoms with Gasteiger partial charge in [0.15, 0.2) is 9.84 Å². The Morgan fingerprint density at radius 3 is 2.70 bits per heavy atom. The number of carbonyl (C=O) groups is 1. The Balaban J connectivity index is 1.54. The summed E-state index contributed by atoms with van der Waals surface area (Å²) in [5, 5.41) is 4.85. The summed E-state index contributed by atoms with van der Waals surface area (Å²) >= 11 is 6.68. The van der Waals surface area contributed by atoms with Gasteiger partial charge in [-0.05, 0) is 55.3 Å². The lowest BCUT2D eigenvalue weighted by molar-refractivity contribution is -0.123. The van der Waals surface area contributed by atoms with Crippen molar-refractivity contribution in [2.24, 2.45) is 0 Å². The minimum atomic E-state index is -3.15. The summed E-state index contributed by atoms with van der Waals surface area (Å²) in [5.41, 5.74) is 4.17. The smallest absolute Gasteiger partial charge is 0.266 e. The van der Waals surface area contributed by atoms with Gasteiger partial charge in [-0.25, -0.2) is 13.1 Å². The molecule has 0 bridgehead atoms. The van der Waals surface area contributed by atoms with Crippen LogP contribution in [0.15, 0.2) is 72.3 Å².